The summed E-state index contributed by atoms with van der Waals surface area (Å²) in [5.41, 5.74) is 0.607. The lowest BCUT2D eigenvalue weighted by Gasteiger charge is -2.35. The van der Waals surface area contributed by atoms with Crippen molar-refractivity contribution in [1.82, 2.24) is 15.2 Å². The number of amides is 1. The zero-order valence-corrected chi connectivity index (χ0v) is 13.9. The van der Waals surface area contributed by atoms with Gasteiger partial charge in [0.15, 0.2) is 0 Å². The molecule has 2 N–H and O–H groups in total. The zero-order chi connectivity index (χ0) is 16.2. The zero-order valence-electron chi connectivity index (χ0n) is 13.9. The second-order valence-electron chi connectivity index (χ2n) is 6.62. The Morgan fingerprint density at radius 1 is 1.30 bits per heavy atom. The van der Waals surface area contributed by atoms with Gasteiger partial charge in [0.2, 0.25) is 0 Å². The fraction of sp³-hybridized carbons (Fsp3) is 0.647. The molecule has 0 radical (unpaired) electrons. The topological polar surface area (TPSA) is 66.5 Å². The molecule has 0 spiro atoms. The predicted octanol–water partition coefficient (Wildman–Crippen LogP) is 1.49. The summed E-state index contributed by atoms with van der Waals surface area (Å²) in [7, 11) is 0. The maximum Gasteiger partial charge on any atom is 0.252 e. The van der Waals surface area contributed by atoms with E-state index in [1.165, 1.54) is 12.8 Å². The lowest BCUT2D eigenvalue weighted by Crippen LogP contribution is -2.47. The van der Waals surface area contributed by atoms with Crippen LogP contribution in [0.3, 0.4) is 0 Å². The van der Waals surface area contributed by atoms with Gasteiger partial charge < -0.3 is 15.4 Å². The van der Waals surface area contributed by atoms with Gasteiger partial charge in [-0.3, -0.25) is 9.69 Å². The van der Waals surface area contributed by atoms with Crippen molar-refractivity contribution in [3.8, 4) is 0 Å². The fourth-order valence-corrected chi connectivity index (χ4v) is 2.95. The number of carbonyl (C=O) groups is 1. The van der Waals surface area contributed by atoms with Gasteiger partial charge in [-0.2, -0.15) is 0 Å². The highest BCUT2D eigenvalue weighted by molar-refractivity contribution is 5.94. The van der Waals surface area contributed by atoms with E-state index in [-0.39, 0.29) is 18.1 Å². The Labute approximate surface area is 137 Å². The van der Waals surface area contributed by atoms with Gasteiger partial charge in [-0.05, 0) is 38.8 Å². The minimum atomic E-state index is -0.0650. The summed E-state index contributed by atoms with van der Waals surface area (Å²) in [4.78, 5) is 18.8. The molecule has 23 heavy (non-hydrogen) atoms. The highest BCUT2D eigenvalue weighted by atomic mass is 16.5. The van der Waals surface area contributed by atoms with Crippen LogP contribution in [0, 0.1) is 0 Å². The Balaban J connectivity index is 1.41. The van der Waals surface area contributed by atoms with Crippen LogP contribution in [0.1, 0.15) is 37.0 Å². The van der Waals surface area contributed by atoms with Crippen molar-refractivity contribution in [3.63, 3.8) is 0 Å². The molecule has 1 amide bonds. The number of ether oxygens (including phenoxy) is 1. The summed E-state index contributed by atoms with van der Waals surface area (Å²) in [6, 6.07) is 4.27. The predicted molar refractivity (Wildman–Crippen MR) is 89.7 cm³/mol. The first-order chi connectivity index (χ1) is 11.1. The maximum atomic E-state index is 12.1. The molecule has 2 atom stereocenters. The van der Waals surface area contributed by atoms with Crippen molar-refractivity contribution in [2.45, 2.75) is 44.9 Å². The van der Waals surface area contributed by atoms with E-state index in [4.69, 9.17) is 4.74 Å². The first kappa shape index (κ1) is 16.2. The van der Waals surface area contributed by atoms with E-state index >= 15 is 0 Å². The second kappa shape index (κ2) is 7.27. The smallest absolute Gasteiger partial charge is 0.252 e. The Morgan fingerprint density at radius 3 is 2.65 bits per heavy atom. The summed E-state index contributed by atoms with van der Waals surface area (Å²) in [6.45, 7) is 7.50. The average Bonchev–Trinajstić information content (AvgIpc) is 3.31. The highest BCUT2D eigenvalue weighted by Gasteiger charge is 2.22. The second-order valence-corrected chi connectivity index (χ2v) is 6.62. The van der Waals surface area contributed by atoms with Crippen molar-refractivity contribution < 1.29 is 9.53 Å². The van der Waals surface area contributed by atoms with Gasteiger partial charge in [0.1, 0.15) is 5.82 Å². The molecule has 2 fully saturated rings. The fourth-order valence-electron chi connectivity index (χ4n) is 2.95. The van der Waals surface area contributed by atoms with Gasteiger partial charge >= 0.3 is 0 Å². The largest absolute Gasteiger partial charge is 0.373 e. The molecule has 1 saturated carbocycles. The Morgan fingerprint density at radius 2 is 2.04 bits per heavy atom. The number of hydrogen-bond donors (Lipinski definition) is 2. The third-order valence-electron chi connectivity index (χ3n) is 4.16. The minimum Gasteiger partial charge on any atom is -0.373 e. The van der Waals surface area contributed by atoms with Crippen LogP contribution in [0.15, 0.2) is 18.3 Å². The van der Waals surface area contributed by atoms with Crippen LogP contribution >= 0.6 is 0 Å². The molecule has 0 aromatic carbocycles. The van der Waals surface area contributed by atoms with Crippen molar-refractivity contribution in [2.24, 2.45) is 0 Å². The van der Waals surface area contributed by atoms with Gasteiger partial charge in [-0.15, -0.1) is 0 Å². The van der Waals surface area contributed by atoms with E-state index in [9.17, 15) is 4.79 Å². The normalized spacial score (nSPS) is 25.1. The molecule has 1 aromatic rings. The molecule has 2 unspecified atom stereocenters. The van der Waals surface area contributed by atoms with Gasteiger partial charge in [0, 0.05) is 38.4 Å². The number of rotatable bonds is 6. The van der Waals surface area contributed by atoms with Gasteiger partial charge in [-0.1, -0.05) is 0 Å². The van der Waals surface area contributed by atoms with E-state index in [0.29, 0.717) is 18.2 Å². The Hall–Kier alpha value is -1.66. The number of aromatic nitrogens is 1. The monoisotopic (exact) mass is 318 g/mol. The summed E-state index contributed by atoms with van der Waals surface area (Å²) in [6.07, 6.45) is 4.57. The minimum absolute atomic E-state index is 0.0650. The van der Waals surface area contributed by atoms with Crippen LogP contribution < -0.4 is 10.6 Å². The summed E-state index contributed by atoms with van der Waals surface area (Å²) in [5.74, 6) is 0.783. The third-order valence-corrected chi connectivity index (χ3v) is 4.16. The van der Waals surface area contributed by atoms with E-state index < -0.39 is 0 Å². The lowest BCUT2D eigenvalue weighted by molar-refractivity contribution is -0.0672. The summed E-state index contributed by atoms with van der Waals surface area (Å²) in [5, 5.41) is 6.28. The number of nitrogens with zero attached hydrogens (tertiary/aromatic N) is 2. The van der Waals surface area contributed by atoms with Gasteiger partial charge in [0.25, 0.3) is 5.91 Å². The third kappa shape index (κ3) is 4.91. The first-order valence-corrected chi connectivity index (χ1v) is 8.49. The number of morpholine rings is 1. The lowest BCUT2D eigenvalue weighted by atomic mass is 10.2. The molecule has 2 aliphatic rings. The maximum absolute atomic E-state index is 12.1. The number of hydrogen-bond acceptors (Lipinski definition) is 5. The SMILES string of the molecule is CC1CN(CCNC(=O)c2ccc(NC3CC3)nc2)CC(C)O1. The number of carbonyl (C=O) groups excluding carboxylic acids is 1. The molecule has 1 saturated heterocycles. The van der Waals surface area contributed by atoms with Crippen LogP contribution in [0.5, 0.6) is 0 Å². The van der Waals surface area contributed by atoms with Crippen LogP contribution in [-0.2, 0) is 4.74 Å². The van der Waals surface area contributed by atoms with E-state index in [0.717, 1.165) is 25.5 Å². The Kier molecular flexibility index (Phi) is 5.13. The van der Waals surface area contributed by atoms with Crippen molar-refractivity contribution in [3.05, 3.63) is 23.9 Å². The van der Waals surface area contributed by atoms with Crippen LogP contribution in [0.2, 0.25) is 0 Å². The van der Waals surface area contributed by atoms with Gasteiger partial charge in [0.05, 0.1) is 17.8 Å². The number of pyridine rings is 1. The number of nitrogens with one attached hydrogen (secondary N) is 2. The van der Waals surface area contributed by atoms with Crippen LogP contribution in [0.25, 0.3) is 0 Å². The molecule has 6 nitrogen and oxygen atoms in total. The summed E-state index contributed by atoms with van der Waals surface area (Å²) < 4.78 is 5.71. The number of anilines is 1. The summed E-state index contributed by atoms with van der Waals surface area (Å²) >= 11 is 0. The van der Waals surface area contributed by atoms with E-state index in [1.54, 1.807) is 6.20 Å². The molecule has 2 heterocycles. The molecule has 0 bridgehead atoms. The molecule has 1 aliphatic carbocycles. The molecular formula is C17H26N4O2. The standard InChI is InChI=1S/C17H26N4O2/c1-12-10-21(11-13(2)23-12)8-7-18-17(22)14-3-6-16(19-9-14)20-15-4-5-15/h3,6,9,12-13,15H,4-5,7-8,10-11H2,1-2H3,(H,18,22)(H,19,20). The van der Waals surface area contributed by atoms with E-state index in [1.807, 2.05) is 12.1 Å². The van der Waals surface area contributed by atoms with E-state index in [2.05, 4.69) is 34.4 Å². The average molecular weight is 318 g/mol. The van der Waals surface area contributed by atoms with Crippen LogP contribution in [0.4, 0.5) is 5.82 Å². The van der Waals surface area contributed by atoms with Crippen molar-refractivity contribution in [1.29, 1.82) is 0 Å². The molecule has 6 heteroatoms. The Bertz CT molecular complexity index is 520. The quantitative estimate of drug-likeness (QED) is 0.832. The highest BCUT2D eigenvalue weighted by Crippen LogP contribution is 2.23. The molecular weight excluding hydrogens is 292 g/mol. The first-order valence-electron chi connectivity index (χ1n) is 8.49. The molecule has 3 rings (SSSR count). The van der Waals surface area contributed by atoms with Gasteiger partial charge in [-0.25, -0.2) is 4.98 Å². The van der Waals surface area contributed by atoms with Crippen molar-refractivity contribution >= 4 is 11.7 Å². The molecule has 1 aliphatic heterocycles. The van der Waals surface area contributed by atoms with Crippen molar-refractivity contribution in [2.75, 3.05) is 31.5 Å². The molecule has 126 valence electrons. The molecule has 1 aromatic heterocycles. The van der Waals surface area contributed by atoms with Crippen LogP contribution in [-0.4, -0.2) is 60.2 Å².